The molecule has 0 N–H and O–H groups in total. The minimum atomic E-state index is -3.37. The van der Waals surface area contributed by atoms with Crippen molar-refractivity contribution in [2.75, 3.05) is 6.26 Å². The molecule has 1 aromatic heterocycles. The number of benzene rings is 1. The average Bonchev–Trinajstić information content (AvgIpc) is 2.33. The maximum atomic E-state index is 11.4. The van der Waals surface area contributed by atoms with Crippen molar-refractivity contribution in [2.45, 2.75) is 5.03 Å². The lowest BCUT2D eigenvalue weighted by Crippen LogP contribution is -2.01. The van der Waals surface area contributed by atoms with Crippen molar-refractivity contribution in [3.05, 3.63) is 46.4 Å². The third-order valence-corrected chi connectivity index (χ3v) is 3.92. The van der Waals surface area contributed by atoms with Gasteiger partial charge in [-0.1, -0.05) is 29.3 Å². The van der Waals surface area contributed by atoms with Crippen LogP contribution in [-0.2, 0) is 9.84 Å². The van der Waals surface area contributed by atoms with Crippen molar-refractivity contribution >= 4 is 33.0 Å². The van der Waals surface area contributed by atoms with Crippen molar-refractivity contribution in [3.8, 4) is 11.6 Å². The maximum Gasteiger partial charge on any atom is 0.220 e. The first-order valence-electron chi connectivity index (χ1n) is 5.16. The summed E-state index contributed by atoms with van der Waals surface area (Å²) < 4.78 is 28.2. The molecule has 0 bridgehead atoms. The van der Waals surface area contributed by atoms with Crippen LogP contribution in [0.25, 0.3) is 0 Å². The fourth-order valence-corrected chi connectivity index (χ4v) is 2.19. The predicted molar refractivity (Wildman–Crippen MR) is 73.9 cm³/mol. The van der Waals surface area contributed by atoms with E-state index in [4.69, 9.17) is 27.9 Å². The largest absolute Gasteiger partial charge is 0.439 e. The molecule has 1 aromatic carbocycles. The second kappa shape index (κ2) is 5.36. The average molecular weight is 318 g/mol. The number of aromatic nitrogens is 1. The Kier molecular flexibility index (Phi) is 3.99. The van der Waals surface area contributed by atoms with Gasteiger partial charge in [0, 0.05) is 18.4 Å². The van der Waals surface area contributed by atoms with Gasteiger partial charge in [0.1, 0.15) is 5.75 Å². The van der Waals surface area contributed by atoms with E-state index in [1.807, 2.05) is 0 Å². The van der Waals surface area contributed by atoms with Gasteiger partial charge in [-0.2, -0.15) is 0 Å². The van der Waals surface area contributed by atoms with Crippen molar-refractivity contribution in [1.29, 1.82) is 0 Å². The number of pyridine rings is 1. The minimum Gasteiger partial charge on any atom is -0.439 e. The van der Waals surface area contributed by atoms with Gasteiger partial charge in [-0.25, -0.2) is 13.4 Å². The fraction of sp³-hybridized carbons (Fsp3) is 0.0833. The first kappa shape index (κ1) is 14.1. The van der Waals surface area contributed by atoms with Crippen LogP contribution < -0.4 is 4.74 Å². The van der Waals surface area contributed by atoms with E-state index < -0.39 is 9.84 Å². The predicted octanol–water partition coefficient (Wildman–Crippen LogP) is 3.58. The van der Waals surface area contributed by atoms with Crippen LogP contribution in [0.2, 0.25) is 10.0 Å². The Hall–Kier alpha value is -1.30. The molecule has 0 spiro atoms. The Morgan fingerprint density at radius 1 is 1.11 bits per heavy atom. The summed E-state index contributed by atoms with van der Waals surface area (Å²) >= 11 is 11.6. The van der Waals surface area contributed by atoms with Crippen LogP contribution in [0.4, 0.5) is 0 Å². The zero-order valence-corrected chi connectivity index (χ0v) is 12.1. The van der Waals surface area contributed by atoms with Gasteiger partial charge in [-0.15, -0.1) is 0 Å². The summed E-state index contributed by atoms with van der Waals surface area (Å²) in [6, 6.07) is 9.23. The van der Waals surface area contributed by atoms with E-state index >= 15 is 0 Å². The first-order chi connectivity index (χ1) is 8.86. The molecule has 100 valence electrons. The Balaban J connectivity index is 2.31. The molecule has 0 saturated heterocycles. The van der Waals surface area contributed by atoms with E-state index in [2.05, 4.69) is 4.98 Å². The highest BCUT2D eigenvalue weighted by atomic mass is 35.5. The highest BCUT2D eigenvalue weighted by Crippen LogP contribution is 2.28. The second-order valence-corrected chi connectivity index (χ2v) is 6.54. The van der Waals surface area contributed by atoms with E-state index in [9.17, 15) is 8.42 Å². The van der Waals surface area contributed by atoms with Gasteiger partial charge in [0.2, 0.25) is 5.88 Å². The third kappa shape index (κ3) is 3.59. The topological polar surface area (TPSA) is 56.3 Å². The summed E-state index contributed by atoms with van der Waals surface area (Å²) in [5.41, 5.74) is 0. The molecule has 0 aliphatic heterocycles. The molecule has 0 radical (unpaired) electrons. The Bertz CT molecular complexity index is 717. The van der Waals surface area contributed by atoms with Gasteiger partial charge in [-0.3, -0.25) is 0 Å². The Morgan fingerprint density at radius 3 is 2.47 bits per heavy atom. The number of ether oxygens (including phenoxy) is 1. The highest BCUT2D eigenvalue weighted by molar-refractivity contribution is 7.90. The van der Waals surface area contributed by atoms with Gasteiger partial charge in [0.15, 0.2) is 14.9 Å². The summed E-state index contributed by atoms with van der Waals surface area (Å²) in [4.78, 5) is 3.91. The summed E-state index contributed by atoms with van der Waals surface area (Å²) in [6.45, 7) is 0. The molecular formula is C12H9Cl2NO3S. The molecule has 19 heavy (non-hydrogen) atoms. The van der Waals surface area contributed by atoms with Crippen molar-refractivity contribution < 1.29 is 13.2 Å². The highest BCUT2D eigenvalue weighted by Gasteiger charge is 2.10. The van der Waals surface area contributed by atoms with Gasteiger partial charge < -0.3 is 4.74 Å². The SMILES string of the molecule is CS(=O)(=O)c1cccc(Oc2ccc(Cl)c(Cl)c2)n1. The van der Waals surface area contributed by atoms with Crippen molar-refractivity contribution in [2.24, 2.45) is 0 Å². The number of hydrogen-bond acceptors (Lipinski definition) is 4. The molecule has 1 heterocycles. The van der Waals surface area contributed by atoms with E-state index in [0.29, 0.717) is 15.8 Å². The molecule has 2 rings (SSSR count). The minimum absolute atomic E-state index is 0.0509. The van der Waals surface area contributed by atoms with Gasteiger partial charge in [-0.05, 0) is 18.2 Å². The number of hydrogen-bond donors (Lipinski definition) is 0. The quantitative estimate of drug-likeness (QED) is 0.868. The smallest absolute Gasteiger partial charge is 0.220 e. The Labute approximate surface area is 120 Å². The number of sulfone groups is 1. The normalized spacial score (nSPS) is 11.3. The summed E-state index contributed by atoms with van der Waals surface area (Å²) in [5, 5.41) is 0.704. The van der Waals surface area contributed by atoms with Crippen LogP contribution in [-0.4, -0.2) is 19.7 Å². The van der Waals surface area contributed by atoms with Gasteiger partial charge >= 0.3 is 0 Å². The molecule has 0 atom stereocenters. The first-order valence-corrected chi connectivity index (χ1v) is 7.81. The molecule has 0 saturated carbocycles. The number of nitrogens with zero attached hydrogens (tertiary/aromatic N) is 1. The molecule has 0 aliphatic rings. The molecule has 2 aromatic rings. The second-order valence-electron chi connectivity index (χ2n) is 3.76. The molecular weight excluding hydrogens is 309 g/mol. The monoisotopic (exact) mass is 317 g/mol. The van der Waals surface area contributed by atoms with Crippen LogP contribution in [0.3, 0.4) is 0 Å². The summed E-state index contributed by atoms with van der Waals surface area (Å²) in [5.74, 6) is 0.592. The van der Waals surface area contributed by atoms with Crippen LogP contribution in [0, 0.1) is 0 Å². The van der Waals surface area contributed by atoms with Crippen LogP contribution in [0.15, 0.2) is 41.4 Å². The lowest BCUT2D eigenvalue weighted by Gasteiger charge is -2.06. The van der Waals surface area contributed by atoms with Crippen LogP contribution >= 0.6 is 23.2 Å². The van der Waals surface area contributed by atoms with Crippen LogP contribution in [0.1, 0.15) is 0 Å². The van der Waals surface area contributed by atoms with E-state index in [1.54, 1.807) is 24.3 Å². The zero-order valence-electron chi connectivity index (χ0n) is 9.80. The summed E-state index contributed by atoms with van der Waals surface area (Å²) in [7, 11) is -3.37. The fourth-order valence-electron chi connectivity index (χ4n) is 1.32. The number of rotatable bonds is 3. The molecule has 4 nitrogen and oxygen atoms in total. The summed E-state index contributed by atoms with van der Waals surface area (Å²) in [6.07, 6.45) is 1.08. The maximum absolute atomic E-state index is 11.4. The lowest BCUT2D eigenvalue weighted by atomic mass is 10.3. The van der Waals surface area contributed by atoms with Crippen LogP contribution in [0.5, 0.6) is 11.6 Å². The lowest BCUT2D eigenvalue weighted by molar-refractivity contribution is 0.457. The van der Waals surface area contributed by atoms with Gasteiger partial charge in [0.05, 0.1) is 10.0 Å². The number of halogens is 2. The third-order valence-electron chi connectivity index (χ3n) is 2.19. The molecule has 0 amide bonds. The van der Waals surface area contributed by atoms with E-state index in [0.717, 1.165) is 6.26 Å². The van der Waals surface area contributed by atoms with E-state index in [1.165, 1.54) is 12.1 Å². The molecule has 0 fully saturated rings. The molecule has 7 heteroatoms. The zero-order chi connectivity index (χ0) is 14.0. The molecule has 0 aliphatic carbocycles. The standard InChI is InChI=1S/C12H9Cl2NO3S/c1-19(16,17)12-4-2-3-11(15-12)18-8-5-6-9(13)10(14)7-8/h2-7H,1H3. The Morgan fingerprint density at radius 2 is 1.84 bits per heavy atom. The van der Waals surface area contributed by atoms with Gasteiger partial charge in [0.25, 0.3) is 0 Å². The van der Waals surface area contributed by atoms with E-state index in [-0.39, 0.29) is 10.9 Å². The van der Waals surface area contributed by atoms with Crippen molar-refractivity contribution in [1.82, 2.24) is 4.98 Å². The van der Waals surface area contributed by atoms with Crippen molar-refractivity contribution in [3.63, 3.8) is 0 Å². The molecule has 0 unspecified atom stereocenters.